The Morgan fingerprint density at radius 1 is 1.07 bits per heavy atom. The Morgan fingerprint density at radius 3 is 2.72 bits per heavy atom. The van der Waals surface area contributed by atoms with E-state index in [1.807, 2.05) is 48.2 Å². The van der Waals surface area contributed by atoms with E-state index in [4.69, 9.17) is 4.74 Å². The van der Waals surface area contributed by atoms with Gasteiger partial charge in [0, 0.05) is 30.4 Å². The highest BCUT2D eigenvalue weighted by Gasteiger charge is 2.26. The summed E-state index contributed by atoms with van der Waals surface area (Å²) in [6, 6.07) is 12.3. The maximum absolute atomic E-state index is 13.1. The lowest BCUT2D eigenvalue weighted by atomic mass is 10.1. The number of rotatable bonds is 5. The fourth-order valence-corrected chi connectivity index (χ4v) is 4.44. The van der Waals surface area contributed by atoms with Gasteiger partial charge in [0.25, 0.3) is 5.91 Å². The van der Waals surface area contributed by atoms with Crippen molar-refractivity contribution in [2.45, 2.75) is 51.7 Å². The largest absolute Gasteiger partial charge is 0.487 e. The molecule has 5 nitrogen and oxygen atoms in total. The third-order valence-corrected chi connectivity index (χ3v) is 6.11. The van der Waals surface area contributed by atoms with E-state index in [0.29, 0.717) is 12.6 Å². The van der Waals surface area contributed by atoms with Crippen LogP contribution in [-0.4, -0.2) is 52.9 Å². The molecule has 2 aliphatic rings. The minimum atomic E-state index is 0.144. The van der Waals surface area contributed by atoms with E-state index < -0.39 is 0 Å². The molecule has 0 radical (unpaired) electrons. The molecule has 4 rings (SSSR count). The molecule has 2 fully saturated rings. The van der Waals surface area contributed by atoms with Gasteiger partial charge in [0.15, 0.2) is 0 Å². The van der Waals surface area contributed by atoms with Crippen molar-refractivity contribution in [3.8, 4) is 5.75 Å². The predicted octanol–water partition coefficient (Wildman–Crippen LogP) is 4.06. The summed E-state index contributed by atoms with van der Waals surface area (Å²) in [5.41, 5.74) is 2.73. The van der Waals surface area contributed by atoms with Gasteiger partial charge in [0.2, 0.25) is 0 Å². The van der Waals surface area contributed by atoms with Crippen LogP contribution >= 0.6 is 0 Å². The lowest BCUT2D eigenvalue weighted by Crippen LogP contribution is -2.35. The van der Waals surface area contributed by atoms with E-state index in [0.717, 1.165) is 48.5 Å². The zero-order valence-corrected chi connectivity index (χ0v) is 17.3. The van der Waals surface area contributed by atoms with Crippen LogP contribution in [0.4, 0.5) is 0 Å². The quantitative estimate of drug-likeness (QED) is 0.769. The maximum atomic E-state index is 13.1. The normalized spacial score (nSPS) is 20.4. The molecule has 1 aromatic heterocycles. The number of carbonyl (C=O) groups excluding carboxylic acids is 1. The van der Waals surface area contributed by atoms with Crippen LogP contribution in [0.3, 0.4) is 0 Å². The number of benzene rings is 1. The van der Waals surface area contributed by atoms with Crippen molar-refractivity contribution in [2.75, 3.05) is 26.2 Å². The molecule has 1 atom stereocenters. The van der Waals surface area contributed by atoms with Gasteiger partial charge in [-0.2, -0.15) is 0 Å². The second kappa shape index (κ2) is 9.40. The molecular formula is C24H31N3O2. The number of hydrogen-bond donors (Lipinski definition) is 0. The van der Waals surface area contributed by atoms with Gasteiger partial charge in [-0.05, 0) is 81.9 Å². The second-order valence-corrected chi connectivity index (χ2v) is 8.24. The first-order valence-corrected chi connectivity index (χ1v) is 10.9. The molecule has 5 heteroatoms. The number of ether oxygens (including phenoxy) is 1. The van der Waals surface area contributed by atoms with E-state index >= 15 is 0 Å². The molecule has 3 heterocycles. The Kier molecular flexibility index (Phi) is 6.45. The van der Waals surface area contributed by atoms with Crippen LogP contribution in [0.5, 0.6) is 5.75 Å². The molecule has 1 amide bonds. The summed E-state index contributed by atoms with van der Waals surface area (Å²) in [5.74, 6) is 0.888. The van der Waals surface area contributed by atoms with Crippen LogP contribution in [0.1, 0.15) is 53.7 Å². The van der Waals surface area contributed by atoms with Crippen molar-refractivity contribution in [3.63, 3.8) is 0 Å². The summed E-state index contributed by atoms with van der Waals surface area (Å²) in [5, 5.41) is 0. The first-order valence-electron chi connectivity index (χ1n) is 10.9. The second-order valence-electron chi connectivity index (χ2n) is 8.24. The topological polar surface area (TPSA) is 45.7 Å². The zero-order chi connectivity index (χ0) is 20.1. The Hall–Kier alpha value is -2.40. The standard InChI is InChI=1S/C24H31N3O2/c1-19-9-10-23(17-25-19)29-18-20-6-4-7-21(16-20)24(28)27-14-5-8-22(11-15-27)26-12-2-3-13-26/h4,6-7,9-10,16-17,22H,2-3,5,8,11-15,18H2,1H3. The molecule has 1 unspecified atom stereocenters. The van der Waals surface area contributed by atoms with Gasteiger partial charge >= 0.3 is 0 Å². The van der Waals surface area contributed by atoms with Gasteiger partial charge in [0.05, 0.1) is 6.20 Å². The molecule has 1 aromatic carbocycles. The minimum Gasteiger partial charge on any atom is -0.487 e. The molecule has 29 heavy (non-hydrogen) atoms. The number of pyridine rings is 1. The zero-order valence-electron chi connectivity index (χ0n) is 17.3. The van der Waals surface area contributed by atoms with Gasteiger partial charge in [-0.1, -0.05) is 12.1 Å². The molecule has 2 aromatic rings. The van der Waals surface area contributed by atoms with Gasteiger partial charge in [-0.25, -0.2) is 0 Å². The number of likely N-dealkylation sites (tertiary alicyclic amines) is 2. The fourth-order valence-electron chi connectivity index (χ4n) is 4.44. The van der Waals surface area contributed by atoms with Crippen LogP contribution < -0.4 is 4.74 Å². The number of carbonyl (C=O) groups is 1. The molecule has 2 aliphatic heterocycles. The van der Waals surface area contributed by atoms with Crippen molar-refractivity contribution in [2.24, 2.45) is 0 Å². The van der Waals surface area contributed by atoms with Crippen molar-refractivity contribution in [3.05, 3.63) is 59.4 Å². The van der Waals surface area contributed by atoms with Crippen LogP contribution in [0.15, 0.2) is 42.6 Å². The Morgan fingerprint density at radius 2 is 1.93 bits per heavy atom. The summed E-state index contributed by atoms with van der Waals surface area (Å²) < 4.78 is 5.83. The summed E-state index contributed by atoms with van der Waals surface area (Å²) >= 11 is 0. The summed E-state index contributed by atoms with van der Waals surface area (Å²) in [4.78, 5) is 22.0. The third kappa shape index (κ3) is 5.15. The van der Waals surface area contributed by atoms with Gasteiger partial charge in [-0.15, -0.1) is 0 Å². The van der Waals surface area contributed by atoms with Gasteiger partial charge < -0.3 is 14.5 Å². The Labute approximate surface area is 173 Å². The summed E-state index contributed by atoms with van der Waals surface area (Å²) in [6.45, 7) is 6.57. The number of hydrogen-bond acceptors (Lipinski definition) is 4. The van der Waals surface area contributed by atoms with Crippen molar-refractivity contribution >= 4 is 5.91 Å². The van der Waals surface area contributed by atoms with Crippen LogP contribution in [0.25, 0.3) is 0 Å². The van der Waals surface area contributed by atoms with Crippen LogP contribution in [0.2, 0.25) is 0 Å². The monoisotopic (exact) mass is 393 g/mol. The molecule has 2 saturated heterocycles. The van der Waals surface area contributed by atoms with Crippen molar-refractivity contribution < 1.29 is 9.53 Å². The average molecular weight is 394 g/mol. The average Bonchev–Trinajstić information content (AvgIpc) is 3.18. The molecule has 0 saturated carbocycles. The summed E-state index contributed by atoms with van der Waals surface area (Å²) in [7, 11) is 0. The first-order chi connectivity index (χ1) is 14.2. The highest BCUT2D eigenvalue weighted by Crippen LogP contribution is 2.22. The SMILES string of the molecule is Cc1ccc(OCc2cccc(C(=O)N3CCCC(N4CCCC4)CC3)c2)cn1. The lowest BCUT2D eigenvalue weighted by Gasteiger charge is -2.26. The number of nitrogens with zero attached hydrogens (tertiary/aromatic N) is 3. The fraction of sp³-hybridized carbons (Fsp3) is 0.500. The molecule has 0 N–H and O–H groups in total. The highest BCUT2D eigenvalue weighted by molar-refractivity contribution is 5.94. The molecule has 0 bridgehead atoms. The van der Waals surface area contributed by atoms with Crippen LogP contribution in [0, 0.1) is 6.92 Å². The third-order valence-electron chi connectivity index (χ3n) is 6.11. The van der Waals surface area contributed by atoms with E-state index in [-0.39, 0.29) is 5.91 Å². The van der Waals surface area contributed by atoms with E-state index in [2.05, 4.69) is 9.88 Å². The highest BCUT2D eigenvalue weighted by atomic mass is 16.5. The van der Waals surface area contributed by atoms with E-state index in [9.17, 15) is 4.79 Å². The van der Waals surface area contributed by atoms with Crippen LogP contribution in [-0.2, 0) is 6.61 Å². The lowest BCUT2D eigenvalue weighted by molar-refractivity contribution is 0.0757. The van der Waals surface area contributed by atoms with Gasteiger partial charge in [-0.3, -0.25) is 9.78 Å². The first kappa shape index (κ1) is 19.9. The minimum absolute atomic E-state index is 0.144. The Bertz CT molecular complexity index is 815. The van der Waals surface area contributed by atoms with E-state index in [1.165, 1.54) is 32.4 Å². The van der Waals surface area contributed by atoms with Crippen molar-refractivity contribution in [1.82, 2.24) is 14.8 Å². The Balaban J connectivity index is 1.35. The number of aryl methyl sites for hydroxylation is 1. The molecule has 0 spiro atoms. The smallest absolute Gasteiger partial charge is 0.253 e. The predicted molar refractivity (Wildman–Crippen MR) is 114 cm³/mol. The maximum Gasteiger partial charge on any atom is 0.253 e. The molecule has 154 valence electrons. The summed E-state index contributed by atoms with van der Waals surface area (Å²) in [6.07, 6.45) is 7.78. The molecular weight excluding hydrogens is 362 g/mol. The van der Waals surface area contributed by atoms with E-state index in [1.54, 1.807) is 6.20 Å². The number of amides is 1. The number of aromatic nitrogens is 1. The molecule has 0 aliphatic carbocycles. The van der Waals surface area contributed by atoms with Crippen molar-refractivity contribution in [1.29, 1.82) is 0 Å². The van der Waals surface area contributed by atoms with Gasteiger partial charge in [0.1, 0.15) is 12.4 Å².